The molecule has 2 aromatic heterocycles. The van der Waals surface area contributed by atoms with Crippen molar-refractivity contribution in [3.05, 3.63) is 34.9 Å². The van der Waals surface area contributed by atoms with Crippen LogP contribution in [0, 0.1) is 13.8 Å². The van der Waals surface area contributed by atoms with Gasteiger partial charge in [0, 0.05) is 23.3 Å². The van der Waals surface area contributed by atoms with Gasteiger partial charge in [0.1, 0.15) is 5.69 Å². The highest BCUT2D eigenvalue weighted by atomic mass is 16.2. The van der Waals surface area contributed by atoms with Crippen LogP contribution in [-0.4, -0.2) is 31.9 Å². The van der Waals surface area contributed by atoms with Crippen molar-refractivity contribution < 1.29 is 4.79 Å². The molecule has 1 aliphatic rings. The van der Waals surface area contributed by atoms with Gasteiger partial charge in [0.2, 0.25) is 0 Å². The normalized spacial score (nSPS) is 16.0. The van der Waals surface area contributed by atoms with Crippen LogP contribution >= 0.6 is 0 Å². The van der Waals surface area contributed by atoms with Gasteiger partial charge in [-0.05, 0) is 45.7 Å². The summed E-state index contributed by atoms with van der Waals surface area (Å²) >= 11 is 0. The predicted octanol–water partition coefficient (Wildman–Crippen LogP) is 1.92. The molecule has 0 aromatic carbocycles. The Kier molecular flexibility index (Phi) is 3.53. The Hall–Kier alpha value is -2.11. The summed E-state index contributed by atoms with van der Waals surface area (Å²) in [5, 5.41) is 14.4. The Balaban J connectivity index is 1.59. The molecule has 1 fully saturated rings. The summed E-state index contributed by atoms with van der Waals surface area (Å²) < 4.78 is 1.92. The van der Waals surface area contributed by atoms with Crippen LogP contribution in [0.1, 0.15) is 53.3 Å². The summed E-state index contributed by atoms with van der Waals surface area (Å²) in [6.07, 6.45) is 2.38. The monoisotopic (exact) mass is 287 g/mol. The minimum Gasteiger partial charge on any atom is -0.346 e. The molecular weight excluding hydrogens is 266 g/mol. The number of nitrogens with one attached hydrogen (secondary N) is 2. The molecule has 2 aromatic rings. The number of aromatic nitrogens is 4. The van der Waals surface area contributed by atoms with Gasteiger partial charge in [-0.3, -0.25) is 14.6 Å². The molecule has 0 saturated heterocycles. The first kappa shape index (κ1) is 13.9. The number of H-pyrrole nitrogens is 1. The predicted molar refractivity (Wildman–Crippen MR) is 79.2 cm³/mol. The number of aromatic amines is 1. The van der Waals surface area contributed by atoms with Crippen LogP contribution < -0.4 is 5.32 Å². The second-order valence-corrected chi connectivity index (χ2v) is 5.97. The summed E-state index contributed by atoms with van der Waals surface area (Å²) in [5.74, 6) is 0.443. The minimum atomic E-state index is -0.132. The van der Waals surface area contributed by atoms with Gasteiger partial charge in [0.15, 0.2) is 0 Å². The summed E-state index contributed by atoms with van der Waals surface area (Å²) in [4.78, 5) is 12.2. The lowest BCUT2D eigenvalue weighted by atomic mass is 10.2. The van der Waals surface area contributed by atoms with Gasteiger partial charge in [0.05, 0.1) is 12.2 Å². The third-order valence-corrected chi connectivity index (χ3v) is 3.78. The molecule has 1 amide bonds. The lowest BCUT2D eigenvalue weighted by Gasteiger charge is -2.14. The highest BCUT2D eigenvalue weighted by Gasteiger charge is 2.26. The number of rotatable bonds is 5. The lowest BCUT2D eigenvalue weighted by molar-refractivity contribution is 0.0930. The first-order valence-electron chi connectivity index (χ1n) is 7.40. The average Bonchev–Trinajstić information content (AvgIpc) is 3.05. The molecule has 0 aliphatic heterocycles. The fraction of sp³-hybridized carbons (Fsp3) is 0.533. The second-order valence-electron chi connectivity index (χ2n) is 5.97. The maximum Gasteiger partial charge on any atom is 0.272 e. The molecule has 0 unspecified atom stereocenters. The van der Waals surface area contributed by atoms with Crippen molar-refractivity contribution in [3.63, 3.8) is 0 Å². The molecule has 3 rings (SSSR count). The Morgan fingerprint density at radius 2 is 2.24 bits per heavy atom. The van der Waals surface area contributed by atoms with E-state index in [2.05, 4.69) is 20.6 Å². The topological polar surface area (TPSA) is 75.6 Å². The number of aryl methyl sites for hydroxylation is 2. The van der Waals surface area contributed by atoms with Gasteiger partial charge < -0.3 is 5.32 Å². The van der Waals surface area contributed by atoms with Crippen molar-refractivity contribution in [2.45, 2.75) is 52.1 Å². The van der Waals surface area contributed by atoms with Gasteiger partial charge in [-0.1, -0.05) is 0 Å². The summed E-state index contributed by atoms with van der Waals surface area (Å²) in [7, 11) is 0. The lowest BCUT2D eigenvalue weighted by Crippen LogP contribution is -2.36. The van der Waals surface area contributed by atoms with E-state index in [0.29, 0.717) is 18.2 Å². The molecule has 1 atom stereocenters. The summed E-state index contributed by atoms with van der Waals surface area (Å²) in [6, 6.07) is 3.89. The second kappa shape index (κ2) is 5.35. The van der Waals surface area contributed by atoms with E-state index >= 15 is 0 Å². The fourth-order valence-electron chi connectivity index (χ4n) is 2.52. The van der Waals surface area contributed by atoms with Gasteiger partial charge in [0.25, 0.3) is 5.91 Å². The number of carbonyl (C=O) groups excluding carboxylic acids is 1. The molecular formula is C15H21N5O. The SMILES string of the molecule is Cc1cc(C)n(C[C@@H](C)NC(=O)c2cc(C3CC3)[nH]n2)n1. The summed E-state index contributed by atoms with van der Waals surface area (Å²) in [5.41, 5.74) is 3.64. The van der Waals surface area contributed by atoms with Crippen LogP contribution in [0.3, 0.4) is 0 Å². The molecule has 1 saturated carbocycles. The minimum absolute atomic E-state index is 0.00317. The van der Waals surface area contributed by atoms with Gasteiger partial charge in [-0.25, -0.2) is 0 Å². The molecule has 21 heavy (non-hydrogen) atoms. The first-order valence-corrected chi connectivity index (χ1v) is 7.40. The van der Waals surface area contributed by atoms with E-state index in [1.165, 1.54) is 12.8 Å². The molecule has 1 aliphatic carbocycles. The zero-order valence-electron chi connectivity index (χ0n) is 12.7. The molecule has 0 radical (unpaired) electrons. The third-order valence-electron chi connectivity index (χ3n) is 3.78. The van der Waals surface area contributed by atoms with Crippen LogP contribution in [0.2, 0.25) is 0 Å². The third kappa shape index (κ3) is 3.15. The molecule has 2 heterocycles. The van der Waals surface area contributed by atoms with Crippen molar-refractivity contribution in [2.75, 3.05) is 0 Å². The molecule has 6 heteroatoms. The number of hydrogen-bond donors (Lipinski definition) is 2. The van der Waals surface area contributed by atoms with E-state index in [0.717, 1.165) is 17.1 Å². The average molecular weight is 287 g/mol. The van der Waals surface area contributed by atoms with Crippen LogP contribution in [0.25, 0.3) is 0 Å². The Labute approximate surface area is 123 Å². The maximum atomic E-state index is 12.2. The van der Waals surface area contributed by atoms with Crippen molar-refractivity contribution >= 4 is 5.91 Å². The molecule has 112 valence electrons. The quantitative estimate of drug-likeness (QED) is 0.882. The fourth-order valence-corrected chi connectivity index (χ4v) is 2.52. The van der Waals surface area contributed by atoms with Crippen LogP contribution in [-0.2, 0) is 6.54 Å². The highest BCUT2D eigenvalue weighted by Crippen LogP contribution is 2.38. The number of nitrogens with zero attached hydrogens (tertiary/aromatic N) is 3. The van der Waals surface area contributed by atoms with Crippen molar-refractivity contribution in [3.8, 4) is 0 Å². The summed E-state index contributed by atoms with van der Waals surface area (Å²) in [6.45, 7) is 6.62. The molecule has 6 nitrogen and oxygen atoms in total. The molecule has 0 spiro atoms. The largest absolute Gasteiger partial charge is 0.346 e. The van der Waals surface area contributed by atoms with E-state index in [9.17, 15) is 4.79 Å². The van der Waals surface area contributed by atoms with Crippen LogP contribution in [0.5, 0.6) is 0 Å². The molecule has 2 N–H and O–H groups in total. The Morgan fingerprint density at radius 3 is 2.86 bits per heavy atom. The zero-order valence-corrected chi connectivity index (χ0v) is 12.7. The number of amides is 1. The van der Waals surface area contributed by atoms with E-state index < -0.39 is 0 Å². The maximum absolute atomic E-state index is 12.2. The standard InChI is InChI=1S/C15H21N5O/c1-9-6-11(3)20(19-9)8-10(2)16-15(21)14-7-13(17-18-14)12-4-5-12/h6-7,10,12H,4-5,8H2,1-3H3,(H,16,21)(H,17,18)/t10-/m1/s1. The van der Waals surface area contributed by atoms with E-state index in [-0.39, 0.29) is 11.9 Å². The number of hydrogen-bond acceptors (Lipinski definition) is 3. The van der Waals surface area contributed by atoms with Crippen LogP contribution in [0.4, 0.5) is 0 Å². The van der Waals surface area contributed by atoms with Crippen molar-refractivity contribution in [1.82, 2.24) is 25.3 Å². The van der Waals surface area contributed by atoms with Gasteiger partial charge >= 0.3 is 0 Å². The van der Waals surface area contributed by atoms with Gasteiger partial charge in [-0.15, -0.1) is 0 Å². The molecule has 0 bridgehead atoms. The zero-order chi connectivity index (χ0) is 15.0. The van der Waals surface area contributed by atoms with Crippen LogP contribution in [0.15, 0.2) is 12.1 Å². The number of carbonyl (C=O) groups is 1. The van der Waals surface area contributed by atoms with Crippen molar-refractivity contribution in [1.29, 1.82) is 0 Å². The van der Waals surface area contributed by atoms with E-state index in [1.807, 2.05) is 37.6 Å². The van der Waals surface area contributed by atoms with Gasteiger partial charge in [-0.2, -0.15) is 10.2 Å². The first-order chi connectivity index (χ1) is 10.0. The highest BCUT2D eigenvalue weighted by molar-refractivity contribution is 5.92. The Morgan fingerprint density at radius 1 is 1.48 bits per heavy atom. The Bertz CT molecular complexity index is 653. The van der Waals surface area contributed by atoms with E-state index in [1.54, 1.807) is 0 Å². The van der Waals surface area contributed by atoms with E-state index in [4.69, 9.17) is 0 Å². The smallest absolute Gasteiger partial charge is 0.272 e. The van der Waals surface area contributed by atoms with Crippen molar-refractivity contribution in [2.24, 2.45) is 0 Å².